The molecule has 1 saturated heterocycles. The number of ether oxygens (including phenoxy) is 1. The second kappa shape index (κ2) is 5.28. The smallest absolute Gasteiger partial charge is 0.246 e. The highest BCUT2D eigenvalue weighted by Gasteiger charge is 2.30. The molecule has 1 fully saturated rings. The molecule has 1 aromatic carbocycles. The molecule has 0 spiro atoms. The summed E-state index contributed by atoms with van der Waals surface area (Å²) in [5.41, 5.74) is 0. The molecule has 0 N–H and O–H groups in total. The van der Waals surface area contributed by atoms with E-state index in [1.165, 1.54) is 7.11 Å². The van der Waals surface area contributed by atoms with Crippen molar-refractivity contribution in [1.82, 2.24) is 4.31 Å². The van der Waals surface area contributed by atoms with Crippen molar-refractivity contribution in [3.63, 3.8) is 0 Å². The number of methoxy groups -OCH3 is 1. The Kier molecular flexibility index (Phi) is 3.92. The predicted octanol–water partition coefficient (Wildman–Crippen LogP) is 2.12. The summed E-state index contributed by atoms with van der Waals surface area (Å²) in [4.78, 5) is 0.265. The van der Waals surface area contributed by atoms with Gasteiger partial charge in [0, 0.05) is 13.1 Å². The molecule has 0 saturated carbocycles. The molecule has 0 radical (unpaired) electrons. The Morgan fingerprint density at radius 3 is 2.72 bits per heavy atom. The van der Waals surface area contributed by atoms with Gasteiger partial charge >= 0.3 is 0 Å². The monoisotopic (exact) mass is 269 g/mol. The van der Waals surface area contributed by atoms with E-state index in [9.17, 15) is 8.42 Å². The molecule has 1 aromatic rings. The minimum Gasteiger partial charge on any atom is -0.495 e. The number of sulfonamides is 1. The predicted molar refractivity (Wildman–Crippen MR) is 70.2 cm³/mol. The van der Waals surface area contributed by atoms with E-state index < -0.39 is 10.0 Å². The molecule has 4 nitrogen and oxygen atoms in total. The van der Waals surface area contributed by atoms with Gasteiger partial charge in [-0.3, -0.25) is 0 Å². The molecule has 1 atom stereocenters. The Balaban J connectivity index is 2.35. The van der Waals surface area contributed by atoms with E-state index in [1.54, 1.807) is 28.6 Å². The van der Waals surface area contributed by atoms with Crippen LogP contribution in [0, 0.1) is 5.92 Å². The van der Waals surface area contributed by atoms with Crippen LogP contribution >= 0.6 is 0 Å². The van der Waals surface area contributed by atoms with Crippen molar-refractivity contribution >= 4 is 10.0 Å². The lowest BCUT2D eigenvalue weighted by Crippen LogP contribution is -2.39. The Morgan fingerprint density at radius 2 is 2.06 bits per heavy atom. The van der Waals surface area contributed by atoms with Crippen molar-refractivity contribution in [2.24, 2.45) is 5.92 Å². The molecule has 1 aliphatic rings. The molecule has 5 heteroatoms. The van der Waals surface area contributed by atoms with Gasteiger partial charge in [-0.05, 0) is 30.9 Å². The second-order valence-electron chi connectivity index (χ2n) is 4.76. The van der Waals surface area contributed by atoms with Gasteiger partial charge in [-0.1, -0.05) is 19.1 Å². The van der Waals surface area contributed by atoms with Crippen molar-refractivity contribution in [1.29, 1.82) is 0 Å². The van der Waals surface area contributed by atoms with Crippen molar-refractivity contribution in [3.8, 4) is 5.75 Å². The molecule has 0 bridgehead atoms. The lowest BCUT2D eigenvalue weighted by Gasteiger charge is -2.30. The minimum atomic E-state index is -3.43. The molecule has 1 aliphatic heterocycles. The summed E-state index contributed by atoms with van der Waals surface area (Å²) in [5.74, 6) is 0.832. The van der Waals surface area contributed by atoms with Crippen LogP contribution in [0.25, 0.3) is 0 Å². The van der Waals surface area contributed by atoms with Gasteiger partial charge in [-0.15, -0.1) is 0 Å². The topological polar surface area (TPSA) is 46.6 Å². The zero-order valence-electron chi connectivity index (χ0n) is 10.8. The van der Waals surface area contributed by atoms with E-state index in [1.807, 2.05) is 0 Å². The van der Waals surface area contributed by atoms with E-state index in [0.717, 1.165) is 12.8 Å². The summed E-state index contributed by atoms with van der Waals surface area (Å²) in [6.07, 6.45) is 2.02. The van der Waals surface area contributed by atoms with Crippen molar-refractivity contribution in [2.45, 2.75) is 24.7 Å². The first-order chi connectivity index (χ1) is 8.55. The molecule has 2 rings (SSSR count). The van der Waals surface area contributed by atoms with E-state index in [4.69, 9.17) is 4.74 Å². The van der Waals surface area contributed by atoms with Gasteiger partial charge in [0.1, 0.15) is 10.6 Å². The molecule has 1 heterocycles. The Hall–Kier alpha value is -1.07. The van der Waals surface area contributed by atoms with Crippen LogP contribution in [0.2, 0.25) is 0 Å². The van der Waals surface area contributed by atoms with Crippen LogP contribution in [0.5, 0.6) is 5.75 Å². The van der Waals surface area contributed by atoms with Crippen LogP contribution < -0.4 is 4.74 Å². The quantitative estimate of drug-likeness (QED) is 0.844. The first kappa shape index (κ1) is 13.4. The van der Waals surface area contributed by atoms with Crippen molar-refractivity contribution < 1.29 is 13.2 Å². The third kappa shape index (κ3) is 2.52. The lowest BCUT2D eigenvalue weighted by molar-refractivity contribution is 0.280. The van der Waals surface area contributed by atoms with Gasteiger partial charge in [0.15, 0.2) is 0 Å². The van der Waals surface area contributed by atoms with Gasteiger partial charge in [-0.25, -0.2) is 8.42 Å². The zero-order chi connectivity index (χ0) is 13.2. The van der Waals surface area contributed by atoms with Gasteiger partial charge in [0.25, 0.3) is 0 Å². The number of hydrogen-bond acceptors (Lipinski definition) is 3. The van der Waals surface area contributed by atoms with E-state index in [-0.39, 0.29) is 4.90 Å². The first-order valence-corrected chi connectivity index (χ1v) is 7.63. The normalized spacial score (nSPS) is 21.8. The summed E-state index contributed by atoms with van der Waals surface area (Å²) in [5, 5.41) is 0. The highest BCUT2D eigenvalue weighted by molar-refractivity contribution is 7.89. The summed E-state index contributed by atoms with van der Waals surface area (Å²) < 4.78 is 31.8. The average Bonchev–Trinajstić information content (AvgIpc) is 2.38. The largest absolute Gasteiger partial charge is 0.495 e. The van der Waals surface area contributed by atoms with Gasteiger partial charge in [0.05, 0.1) is 7.11 Å². The third-order valence-electron chi connectivity index (χ3n) is 3.31. The highest BCUT2D eigenvalue weighted by atomic mass is 32.2. The van der Waals surface area contributed by atoms with Gasteiger partial charge in [-0.2, -0.15) is 4.31 Å². The van der Waals surface area contributed by atoms with Crippen LogP contribution in [0.3, 0.4) is 0 Å². The number of para-hydroxylation sites is 1. The molecule has 18 heavy (non-hydrogen) atoms. The maximum absolute atomic E-state index is 12.6. The van der Waals surface area contributed by atoms with E-state index in [0.29, 0.717) is 24.8 Å². The Morgan fingerprint density at radius 1 is 1.33 bits per heavy atom. The van der Waals surface area contributed by atoms with Crippen molar-refractivity contribution in [3.05, 3.63) is 24.3 Å². The van der Waals surface area contributed by atoms with Gasteiger partial charge in [0.2, 0.25) is 10.0 Å². The van der Waals surface area contributed by atoms with Crippen molar-refractivity contribution in [2.75, 3.05) is 20.2 Å². The van der Waals surface area contributed by atoms with Crippen LogP contribution in [0.1, 0.15) is 19.8 Å². The second-order valence-corrected chi connectivity index (χ2v) is 6.67. The van der Waals surface area contributed by atoms with Crippen LogP contribution in [-0.4, -0.2) is 32.9 Å². The summed E-state index contributed by atoms with van der Waals surface area (Å²) in [6.45, 7) is 3.29. The standard InChI is InChI=1S/C13H19NO3S/c1-11-6-5-9-14(10-11)18(15,16)13-8-4-3-7-12(13)17-2/h3-4,7-8,11H,5-6,9-10H2,1-2H3. The SMILES string of the molecule is COc1ccccc1S(=O)(=O)N1CCCC(C)C1. The average molecular weight is 269 g/mol. The molecular weight excluding hydrogens is 250 g/mol. The molecule has 0 aromatic heterocycles. The summed E-state index contributed by atoms with van der Waals surface area (Å²) >= 11 is 0. The number of rotatable bonds is 3. The fourth-order valence-corrected chi connectivity index (χ4v) is 4.09. The van der Waals surface area contributed by atoms with Crippen LogP contribution in [0.15, 0.2) is 29.2 Å². The minimum absolute atomic E-state index is 0.265. The summed E-state index contributed by atoms with van der Waals surface area (Å²) in [6, 6.07) is 6.78. The third-order valence-corrected chi connectivity index (χ3v) is 5.21. The fourth-order valence-electron chi connectivity index (χ4n) is 2.34. The number of nitrogens with zero attached hydrogens (tertiary/aromatic N) is 1. The van der Waals surface area contributed by atoms with E-state index >= 15 is 0 Å². The number of hydrogen-bond donors (Lipinski definition) is 0. The highest BCUT2D eigenvalue weighted by Crippen LogP contribution is 2.29. The maximum atomic E-state index is 12.6. The lowest BCUT2D eigenvalue weighted by atomic mass is 10.0. The summed E-state index contributed by atoms with van der Waals surface area (Å²) in [7, 11) is -1.94. The molecular formula is C13H19NO3S. The molecule has 0 amide bonds. The zero-order valence-corrected chi connectivity index (χ0v) is 11.6. The Labute approximate surface area is 109 Å². The van der Waals surface area contributed by atoms with Gasteiger partial charge < -0.3 is 4.74 Å². The van der Waals surface area contributed by atoms with E-state index in [2.05, 4.69) is 6.92 Å². The molecule has 1 unspecified atom stereocenters. The van der Waals surface area contributed by atoms with Crippen LogP contribution in [-0.2, 0) is 10.0 Å². The molecule has 100 valence electrons. The Bertz CT molecular complexity index is 513. The van der Waals surface area contributed by atoms with Crippen LogP contribution in [0.4, 0.5) is 0 Å². The number of benzene rings is 1. The first-order valence-electron chi connectivity index (χ1n) is 6.19. The number of piperidine rings is 1. The fraction of sp³-hybridized carbons (Fsp3) is 0.538. The molecule has 0 aliphatic carbocycles. The maximum Gasteiger partial charge on any atom is 0.246 e.